The predicted molar refractivity (Wildman–Crippen MR) is 74.6 cm³/mol. The van der Waals surface area contributed by atoms with Crippen molar-refractivity contribution in [2.75, 3.05) is 23.3 Å². The molecule has 18 heavy (non-hydrogen) atoms. The van der Waals surface area contributed by atoms with Crippen molar-refractivity contribution in [3.63, 3.8) is 0 Å². The van der Waals surface area contributed by atoms with Gasteiger partial charge in [-0.25, -0.2) is 0 Å². The minimum Gasteiger partial charge on any atom is -0.384 e. The molecule has 0 amide bonds. The van der Waals surface area contributed by atoms with E-state index in [1.807, 2.05) is 6.07 Å². The Labute approximate surface area is 107 Å². The molecule has 2 aromatic rings. The molecule has 0 atom stereocenters. The first-order valence-corrected chi connectivity index (χ1v) is 6.56. The number of benzene rings is 2. The predicted octanol–water partition coefficient (Wildman–Crippen LogP) is 3.15. The third-order valence-corrected chi connectivity index (χ3v) is 3.95. The molecule has 0 aliphatic carbocycles. The van der Waals surface area contributed by atoms with Crippen molar-refractivity contribution in [2.45, 2.75) is 12.8 Å². The molecule has 0 saturated carbocycles. The Balaban J connectivity index is 1.84. The fraction of sp³-hybridized carbons (Fsp3) is 0.250. The Morgan fingerprint density at radius 1 is 1.11 bits per heavy atom. The van der Waals surface area contributed by atoms with Gasteiger partial charge in [0.25, 0.3) is 0 Å². The quantitative estimate of drug-likeness (QED) is 0.817. The molecule has 1 radical (unpaired) electrons. The maximum absolute atomic E-state index is 3.46. The Morgan fingerprint density at radius 3 is 3.11 bits per heavy atom. The SMILES string of the molecule is [c]1ccc2c(c1)CCN2c1cccc2c1CCN2. The van der Waals surface area contributed by atoms with Crippen molar-refractivity contribution in [3.8, 4) is 0 Å². The highest BCUT2D eigenvalue weighted by Crippen LogP contribution is 2.39. The highest BCUT2D eigenvalue weighted by molar-refractivity contribution is 5.77. The van der Waals surface area contributed by atoms with Gasteiger partial charge in [-0.05, 0) is 48.7 Å². The molecule has 2 nitrogen and oxygen atoms in total. The normalized spacial score (nSPS) is 16.3. The number of hydrogen-bond donors (Lipinski definition) is 1. The zero-order valence-electron chi connectivity index (χ0n) is 10.2. The molecule has 0 saturated heterocycles. The highest BCUT2D eigenvalue weighted by Gasteiger charge is 2.24. The second-order valence-electron chi connectivity index (χ2n) is 4.94. The van der Waals surface area contributed by atoms with Crippen LogP contribution in [0.1, 0.15) is 11.1 Å². The van der Waals surface area contributed by atoms with Gasteiger partial charge in [-0.1, -0.05) is 12.1 Å². The maximum atomic E-state index is 3.46. The minimum absolute atomic E-state index is 1.07. The molecule has 2 aromatic carbocycles. The molecule has 0 fully saturated rings. The van der Waals surface area contributed by atoms with Crippen LogP contribution in [0.4, 0.5) is 17.1 Å². The molecule has 2 aliphatic heterocycles. The van der Waals surface area contributed by atoms with Gasteiger partial charge < -0.3 is 10.2 Å². The fourth-order valence-corrected chi connectivity index (χ4v) is 3.10. The Hall–Kier alpha value is -1.96. The molecule has 2 heteroatoms. The van der Waals surface area contributed by atoms with E-state index in [4.69, 9.17) is 0 Å². The van der Waals surface area contributed by atoms with Crippen LogP contribution in [0, 0.1) is 6.07 Å². The molecule has 2 aliphatic rings. The van der Waals surface area contributed by atoms with Crippen LogP contribution >= 0.6 is 0 Å². The zero-order valence-corrected chi connectivity index (χ0v) is 10.2. The van der Waals surface area contributed by atoms with Crippen molar-refractivity contribution in [2.24, 2.45) is 0 Å². The number of rotatable bonds is 1. The van der Waals surface area contributed by atoms with Gasteiger partial charge in [0.1, 0.15) is 0 Å². The van der Waals surface area contributed by atoms with Gasteiger partial charge in [0, 0.05) is 35.7 Å². The fourth-order valence-electron chi connectivity index (χ4n) is 3.10. The molecule has 0 unspecified atom stereocenters. The van der Waals surface area contributed by atoms with Crippen LogP contribution in [0.15, 0.2) is 36.4 Å². The average molecular weight is 235 g/mol. The monoisotopic (exact) mass is 235 g/mol. The van der Waals surface area contributed by atoms with Crippen LogP contribution < -0.4 is 10.2 Å². The van der Waals surface area contributed by atoms with Crippen LogP contribution in [0.2, 0.25) is 0 Å². The molecule has 0 bridgehead atoms. The first kappa shape index (κ1) is 10.0. The standard InChI is InChI=1S/C16H15N2/c1-2-6-15-12(4-1)9-11-18(15)16-7-3-5-14-13(16)8-10-17-14/h2-7,17H,8-11H2. The van der Waals surface area contributed by atoms with Crippen LogP contribution in [-0.4, -0.2) is 13.1 Å². The second-order valence-corrected chi connectivity index (χ2v) is 4.94. The highest BCUT2D eigenvalue weighted by atomic mass is 15.2. The molecule has 2 heterocycles. The first-order chi connectivity index (χ1) is 8.93. The smallest absolute Gasteiger partial charge is 0.0464 e. The average Bonchev–Trinajstić information content (AvgIpc) is 3.05. The van der Waals surface area contributed by atoms with Crippen LogP contribution in [0.5, 0.6) is 0 Å². The lowest BCUT2D eigenvalue weighted by Gasteiger charge is -2.22. The van der Waals surface area contributed by atoms with Gasteiger partial charge in [-0.15, -0.1) is 0 Å². The minimum atomic E-state index is 1.07. The van der Waals surface area contributed by atoms with Crippen molar-refractivity contribution in [1.82, 2.24) is 0 Å². The van der Waals surface area contributed by atoms with E-state index in [1.165, 1.54) is 28.2 Å². The van der Waals surface area contributed by atoms with Crippen molar-refractivity contribution in [1.29, 1.82) is 0 Å². The maximum Gasteiger partial charge on any atom is 0.0464 e. The molecule has 0 spiro atoms. The van der Waals surface area contributed by atoms with E-state index in [1.54, 1.807) is 0 Å². The van der Waals surface area contributed by atoms with Gasteiger partial charge in [-0.3, -0.25) is 0 Å². The third-order valence-electron chi connectivity index (χ3n) is 3.95. The number of fused-ring (bicyclic) bond motifs is 2. The zero-order chi connectivity index (χ0) is 11.9. The summed E-state index contributed by atoms with van der Waals surface area (Å²) >= 11 is 0. The van der Waals surface area contributed by atoms with E-state index >= 15 is 0 Å². The van der Waals surface area contributed by atoms with Gasteiger partial charge in [0.2, 0.25) is 0 Å². The summed E-state index contributed by atoms with van der Waals surface area (Å²) in [7, 11) is 0. The van der Waals surface area contributed by atoms with E-state index in [0.29, 0.717) is 0 Å². The van der Waals surface area contributed by atoms with E-state index in [0.717, 1.165) is 25.9 Å². The van der Waals surface area contributed by atoms with Gasteiger partial charge >= 0.3 is 0 Å². The Bertz CT molecular complexity index is 604. The summed E-state index contributed by atoms with van der Waals surface area (Å²) < 4.78 is 0. The van der Waals surface area contributed by atoms with E-state index in [-0.39, 0.29) is 0 Å². The number of anilines is 3. The van der Waals surface area contributed by atoms with Crippen molar-refractivity contribution < 1.29 is 0 Å². The van der Waals surface area contributed by atoms with Gasteiger partial charge in [-0.2, -0.15) is 0 Å². The van der Waals surface area contributed by atoms with Crippen molar-refractivity contribution >= 4 is 17.1 Å². The lowest BCUT2D eigenvalue weighted by Crippen LogP contribution is -2.14. The topological polar surface area (TPSA) is 15.3 Å². The van der Waals surface area contributed by atoms with E-state index < -0.39 is 0 Å². The summed E-state index contributed by atoms with van der Waals surface area (Å²) in [5.41, 5.74) is 6.93. The summed E-state index contributed by atoms with van der Waals surface area (Å²) in [6, 6.07) is 16.1. The molecule has 89 valence electrons. The van der Waals surface area contributed by atoms with Crippen molar-refractivity contribution in [3.05, 3.63) is 53.6 Å². The first-order valence-electron chi connectivity index (χ1n) is 6.56. The van der Waals surface area contributed by atoms with Crippen LogP contribution in [0.25, 0.3) is 0 Å². The molecular formula is C16H15N2. The summed E-state index contributed by atoms with van der Waals surface area (Å²) in [5.74, 6) is 0. The Morgan fingerprint density at radius 2 is 2.11 bits per heavy atom. The largest absolute Gasteiger partial charge is 0.384 e. The second kappa shape index (κ2) is 3.77. The van der Waals surface area contributed by atoms with Gasteiger partial charge in [0.15, 0.2) is 0 Å². The lowest BCUT2D eigenvalue weighted by molar-refractivity contribution is 0.984. The van der Waals surface area contributed by atoms with E-state index in [2.05, 4.69) is 46.6 Å². The molecular weight excluding hydrogens is 220 g/mol. The number of hydrogen-bond acceptors (Lipinski definition) is 2. The van der Waals surface area contributed by atoms with Gasteiger partial charge in [0.05, 0.1) is 0 Å². The molecule has 4 rings (SSSR count). The lowest BCUT2D eigenvalue weighted by atomic mass is 10.1. The van der Waals surface area contributed by atoms with Crippen LogP contribution in [0.3, 0.4) is 0 Å². The summed E-state index contributed by atoms with van der Waals surface area (Å²) in [6.45, 7) is 2.15. The summed E-state index contributed by atoms with van der Waals surface area (Å²) in [5, 5.41) is 3.46. The summed E-state index contributed by atoms with van der Waals surface area (Å²) in [4.78, 5) is 2.45. The molecule has 0 aromatic heterocycles. The van der Waals surface area contributed by atoms with E-state index in [9.17, 15) is 0 Å². The third kappa shape index (κ3) is 1.35. The summed E-state index contributed by atoms with van der Waals surface area (Å²) in [6.07, 6.45) is 2.26. The molecule has 1 N–H and O–H groups in total. The van der Waals surface area contributed by atoms with Crippen LogP contribution in [-0.2, 0) is 12.8 Å². The number of nitrogens with zero attached hydrogens (tertiary/aromatic N) is 1. The number of nitrogens with one attached hydrogen (secondary N) is 1. The Kier molecular flexibility index (Phi) is 2.10.